The fraction of sp³-hybridized carbons (Fsp3) is 0.545. The lowest BCUT2D eigenvalue weighted by atomic mass is 9.98. The van der Waals surface area contributed by atoms with Crippen LogP contribution in [-0.2, 0) is 17.8 Å². The van der Waals surface area contributed by atoms with Gasteiger partial charge in [0.25, 0.3) is 5.91 Å². The second-order valence-electron chi connectivity index (χ2n) is 8.13. The Morgan fingerprint density at radius 3 is 2.83 bits per heavy atom. The molecule has 0 radical (unpaired) electrons. The summed E-state index contributed by atoms with van der Waals surface area (Å²) in [5.74, 6) is 0.723. The van der Waals surface area contributed by atoms with Gasteiger partial charge in [0, 0.05) is 30.7 Å². The molecule has 1 saturated heterocycles. The number of rotatable bonds is 8. The zero-order valence-electron chi connectivity index (χ0n) is 17.4. The van der Waals surface area contributed by atoms with Gasteiger partial charge in [-0.2, -0.15) is 0 Å². The number of nitrogens with zero attached hydrogens (tertiary/aromatic N) is 4. The van der Waals surface area contributed by atoms with Crippen LogP contribution < -0.4 is 10.1 Å². The summed E-state index contributed by atoms with van der Waals surface area (Å²) < 4.78 is 7.10. The topological polar surface area (TPSA) is 89.4 Å². The van der Waals surface area contributed by atoms with Gasteiger partial charge in [0.05, 0.1) is 19.7 Å². The maximum absolute atomic E-state index is 13.0. The van der Waals surface area contributed by atoms with Crippen LogP contribution in [0.5, 0.6) is 5.75 Å². The predicted molar refractivity (Wildman–Crippen MR) is 111 cm³/mol. The molecule has 1 saturated carbocycles. The number of ether oxygens (including phenoxy) is 1. The molecule has 4 rings (SSSR count). The van der Waals surface area contributed by atoms with E-state index in [1.807, 2.05) is 29.2 Å². The van der Waals surface area contributed by atoms with Crippen molar-refractivity contribution in [1.29, 1.82) is 0 Å². The van der Waals surface area contributed by atoms with E-state index in [9.17, 15) is 9.59 Å². The zero-order chi connectivity index (χ0) is 20.9. The van der Waals surface area contributed by atoms with Crippen LogP contribution in [0, 0.1) is 0 Å². The van der Waals surface area contributed by atoms with Gasteiger partial charge in [-0.15, -0.1) is 5.10 Å². The molecule has 8 heteroatoms. The Labute approximate surface area is 176 Å². The Kier molecular flexibility index (Phi) is 6.30. The highest BCUT2D eigenvalue weighted by Gasteiger charge is 2.28. The highest BCUT2D eigenvalue weighted by Crippen LogP contribution is 2.24. The Bertz CT molecular complexity index is 892. The summed E-state index contributed by atoms with van der Waals surface area (Å²) in [4.78, 5) is 27.1. The first kappa shape index (κ1) is 20.4. The van der Waals surface area contributed by atoms with Gasteiger partial charge in [-0.25, -0.2) is 0 Å². The number of carbonyl (C=O) groups excluding carboxylic acids is 2. The minimum absolute atomic E-state index is 0.132. The van der Waals surface area contributed by atoms with E-state index in [1.165, 1.54) is 0 Å². The van der Waals surface area contributed by atoms with Crippen LogP contribution in [0.4, 0.5) is 0 Å². The molecule has 1 aliphatic heterocycles. The van der Waals surface area contributed by atoms with E-state index < -0.39 is 0 Å². The van der Waals surface area contributed by atoms with Gasteiger partial charge >= 0.3 is 0 Å². The number of likely N-dealkylation sites (tertiary alicyclic amines) is 1. The number of aromatic nitrogens is 3. The summed E-state index contributed by atoms with van der Waals surface area (Å²) >= 11 is 0. The molecule has 2 aromatic rings. The molecular formula is C22H29N5O3. The number of amides is 2. The van der Waals surface area contributed by atoms with Crippen LogP contribution in [0.3, 0.4) is 0 Å². The number of hydrogen-bond acceptors (Lipinski definition) is 5. The lowest BCUT2D eigenvalue weighted by Gasteiger charge is -2.36. The average Bonchev–Trinajstić information content (AvgIpc) is 3.45. The molecule has 1 aromatic heterocycles. The summed E-state index contributed by atoms with van der Waals surface area (Å²) in [6.45, 7) is 1.41. The van der Waals surface area contributed by atoms with Crippen LogP contribution in [0.1, 0.15) is 54.6 Å². The van der Waals surface area contributed by atoms with E-state index >= 15 is 0 Å². The molecule has 2 aliphatic rings. The van der Waals surface area contributed by atoms with E-state index in [0.29, 0.717) is 24.7 Å². The molecule has 0 unspecified atom stereocenters. The minimum atomic E-state index is -0.157. The SMILES string of the molecule is COc1ccccc1CC(=O)N1CCCC[C@H]1CCn1cc(C(=O)NC2CC2)nn1. The van der Waals surface area contributed by atoms with Crippen molar-refractivity contribution < 1.29 is 14.3 Å². The third kappa shape index (κ3) is 4.98. The van der Waals surface area contributed by atoms with Crippen LogP contribution in [0.15, 0.2) is 30.5 Å². The first-order valence-electron chi connectivity index (χ1n) is 10.8. The van der Waals surface area contributed by atoms with Gasteiger partial charge in [0.15, 0.2) is 5.69 Å². The normalized spacial score (nSPS) is 18.8. The molecule has 0 spiro atoms. The van der Waals surface area contributed by atoms with Crippen LogP contribution in [-0.4, -0.2) is 57.4 Å². The molecule has 8 nitrogen and oxygen atoms in total. The predicted octanol–water partition coefficient (Wildman–Crippen LogP) is 2.19. The molecular weight excluding hydrogens is 382 g/mol. The van der Waals surface area contributed by atoms with E-state index in [0.717, 1.165) is 56.4 Å². The van der Waals surface area contributed by atoms with E-state index in [-0.39, 0.29) is 17.9 Å². The fourth-order valence-electron chi connectivity index (χ4n) is 4.02. The first-order valence-corrected chi connectivity index (χ1v) is 10.8. The molecule has 1 aliphatic carbocycles. The third-order valence-electron chi connectivity index (χ3n) is 5.86. The number of hydrogen-bond donors (Lipinski definition) is 1. The monoisotopic (exact) mass is 411 g/mol. The van der Waals surface area contributed by atoms with Gasteiger partial charge in [-0.3, -0.25) is 14.3 Å². The van der Waals surface area contributed by atoms with Crippen molar-refractivity contribution in [2.24, 2.45) is 0 Å². The molecule has 1 atom stereocenters. The molecule has 2 heterocycles. The van der Waals surface area contributed by atoms with Crippen molar-refractivity contribution in [2.45, 2.75) is 63.6 Å². The molecule has 0 bridgehead atoms. The molecule has 1 N–H and O–H groups in total. The van der Waals surface area contributed by atoms with Crippen molar-refractivity contribution in [3.05, 3.63) is 41.7 Å². The Hall–Kier alpha value is -2.90. The molecule has 2 fully saturated rings. The van der Waals surface area contributed by atoms with Crippen LogP contribution in [0.2, 0.25) is 0 Å². The van der Waals surface area contributed by atoms with Gasteiger partial charge in [-0.05, 0) is 44.6 Å². The number of methoxy groups -OCH3 is 1. The second-order valence-corrected chi connectivity index (χ2v) is 8.13. The molecule has 160 valence electrons. The summed E-state index contributed by atoms with van der Waals surface area (Å²) in [5, 5.41) is 11.0. The number of piperidine rings is 1. The molecule has 30 heavy (non-hydrogen) atoms. The summed E-state index contributed by atoms with van der Waals surface area (Å²) in [6.07, 6.45) is 8.06. The number of nitrogens with one attached hydrogen (secondary N) is 1. The van der Waals surface area contributed by atoms with Crippen molar-refractivity contribution >= 4 is 11.8 Å². The summed E-state index contributed by atoms with van der Waals surface area (Å²) in [5.41, 5.74) is 1.27. The Morgan fingerprint density at radius 1 is 1.20 bits per heavy atom. The zero-order valence-corrected chi connectivity index (χ0v) is 17.4. The lowest BCUT2D eigenvalue weighted by molar-refractivity contribution is -0.134. The summed E-state index contributed by atoms with van der Waals surface area (Å²) in [7, 11) is 1.63. The Balaban J connectivity index is 1.35. The standard InChI is InChI=1S/C22H29N5O3/c1-30-20-8-3-2-6-16(20)14-21(28)27-12-5-4-7-18(27)11-13-26-15-19(24-25-26)22(29)23-17-9-10-17/h2-3,6,8,15,17-18H,4-5,7,9-14H2,1H3,(H,23,29)/t18-/m0/s1. The molecule has 2 amide bonds. The minimum Gasteiger partial charge on any atom is -0.496 e. The quantitative estimate of drug-likeness (QED) is 0.719. The molecule has 1 aromatic carbocycles. The van der Waals surface area contributed by atoms with E-state index in [4.69, 9.17) is 4.74 Å². The summed E-state index contributed by atoms with van der Waals surface area (Å²) in [6, 6.07) is 8.15. The fourth-order valence-corrected chi connectivity index (χ4v) is 4.02. The smallest absolute Gasteiger partial charge is 0.273 e. The lowest BCUT2D eigenvalue weighted by Crippen LogP contribution is -2.45. The van der Waals surface area contributed by atoms with Gasteiger partial charge < -0.3 is 15.0 Å². The van der Waals surface area contributed by atoms with Crippen LogP contribution >= 0.6 is 0 Å². The van der Waals surface area contributed by atoms with Gasteiger partial charge in [0.2, 0.25) is 5.91 Å². The van der Waals surface area contributed by atoms with Crippen molar-refractivity contribution in [3.63, 3.8) is 0 Å². The Morgan fingerprint density at radius 2 is 2.03 bits per heavy atom. The van der Waals surface area contributed by atoms with Gasteiger partial charge in [0.1, 0.15) is 5.75 Å². The number of benzene rings is 1. The number of aryl methyl sites for hydroxylation is 1. The van der Waals surface area contributed by atoms with Crippen molar-refractivity contribution in [1.82, 2.24) is 25.2 Å². The third-order valence-corrected chi connectivity index (χ3v) is 5.86. The largest absolute Gasteiger partial charge is 0.496 e. The maximum atomic E-state index is 13.0. The highest BCUT2D eigenvalue weighted by atomic mass is 16.5. The van der Waals surface area contributed by atoms with Crippen LogP contribution in [0.25, 0.3) is 0 Å². The van der Waals surface area contributed by atoms with E-state index in [1.54, 1.807) is 18.0 Å². The van der Waals surface area contributed by atoms with Gasteiger partial charge in [-0.1, -0.05) is 23.4 Å². The highest BCUT2D eigenvalue weighted by molar-refractivity contribution is 5.92. The first-order chi connectivity index (χ1) is 14.6. The maximum Gasteiger partial charge on any atom is 0.273 e. The second kappa shape index (κ2) is 9.28. The van der Waals surface area contributed by atoms with Crippen molar-refractivity contribution in [3.8, 4) is 5.75 Å². The van der Waals surface area contributed by atoms with Crippen molar-refractivity contribution in [2.75, 3.05) is 13.7 Å². The number of para-hydroxylation sites is 1. The van der Waals surface area contributed by atoms with E-state index in [2.05, 4.69) is 15.6 Å². The number of carbonyl (C=O) groups is 2. The average molecular weight is 412 g/mol.